The third kappa shape index (κ3) is 5.98. The van der Waals surface area contributed by atoms with Crippen LogP contribution in [-0.2, 0) is 20.7 Å². The Hall–Kier alpha value is -1.95. The number of carbonyl (C=O) groups excluding carboxylic acids is 2. The van der Waals surface area contributed by atoms with Crippen LogP contribution < -0.4 is 10.6 Å². The lowest BCUT2D eigenvalue weighted by Crippen LogP contribution is -2.48. The molecule has 1 rings (SSSR count). The van der Waals surface area contributed by atoms with Gasteiger partial charge in [-0.25, -0.2) is 4.39 Å². The van der Waals surface area contributed by atoms with Gasteiger partial charge in [0.1, 0.15) is 11.2 Å². The Morgan fingerprint density at radius 3 is 2.35 bits per heavy atom. The molecule has 0 aliphatic carbocycles. The van der Waals surface area contributed by atoms with Crippen molar-refractivity contribution in [2.45, 2.75) is 26.7 Å². The summed E-state index contributed by atoms with van der Waals surface area (Å²) in [7, 11) is 1.59. The summed E-state index contributed by atoms with van der Waals surface area (Å²) >= 11 is 0. The predicted octanol–water partition coefficient (Wildman–Crippen LogP) is 1.66. The summed E-state index contributed by atoms with van der Waals surface area (Å²) in [6, 6.07) is 6.43. The van der Waals surface area contributed by atoms with E-state index in [0.717, 1.165) is 0 Å². The third-order valence-corrected chi connectivity index (χ3v) is 3.58. The first-order valence-electron chi connectivity index (χ1n) is 7.68. The highest BCUT2D eigenvalue weighted by molar-refractivity contribution is 6.04. The third-order valence-electron chi connectivity index (χ3n) is 3.58. The summed E-state index contributed by atoms with van der Waals surface area (Å²) in [5.74, 6) is -1.01. The second-order valence-electron chi connectivity index (χ2n) is 5.82. The number of methoxy groups -OCH3 is 1. The molecule has 0 saturated heterocycles. The van der Waals surface area contributed by atoms with Crippen molar-refractivity contribution in [2.75, 3.05) is 26.8 Å². The average Bonchev–Trinajstić information content (AvgIpc) is 2.53. The molecule has 0 radical (unpaired) electrons. The number of halogens is 1. The van der Waals surface area contributed by atoms with Crippen molar-refractivity contribution >= 4 is 11.8 Å². The Morgan fingerprint density at radius 1 is 1.13 bits per heavy atom. The molecule has 23 heavy (non-hydrogen) atoms. The van der Waals surface area contributed by atoms with Crippen LogP contribution in [-0.4, -0.2) is 38.6 Å². The molecule has 2 amide bonds. The van der Waals surface area contributed by atoms with Crippen molar-refractivity contribution in [3.05, 3.63) is 35.6 Å². The van der Waals surface area contributed by atoms with E-state index in [9.17, 15) is 14.0 Å². The summed E-state index contributed by atoms with van der Waals surface area (Å²) in [6.07, 6.45) is 1.07. The summed E-state index contributed by atoms with van der Waals surface area (Å²) in [5, 5.41) is 5.41. The smallest absolute Gasteiger partial charge is 0.235 e. The fraction of sp³-hybridized carbons (Fsp3) is 0.529. The lowest BCUT2D eigenvalue weighted by molar-refractivity contribution is -0.141. The molecule has 0 bridgehead atoms. The normalized spacial score (nSPS) is 11.1. The van der Waals surface area contributed by atoms with Gasteiger partial charge in [0.15, 0.2) is 0 Å². The van der Waals surface area contributed by atoms with Crippen LogP contribution in [0.1, 0.15) is 25.8 Å². The van der Waals surface area contributed by atoms with E-state index in [1.165, 1.54) is 6.07 Å². The van der Waals surface area contributed by atoms with Crippen molar-refractivity contribution in [1.82, 2.24) is 10.6 Å². The molecule has 0 aliphatic rings. The lowest BCUT2D eigenvalue weighted by atomic mass is 9.91. The highest BCUT2D eigenvalue weighted by Crippen LogP contribution is 2.15. The van der Waals surface area contributed by atoms with Gasteiger partial charge in [-0.05, 0) is 38.3 Å². The number of rotatable bonds is 9. The Morgan fingerprint density at radius 2 is 1.74 bits per heavy atom. The van der Waals surface area contributed by atoms with Gasteiger partial charge in [0, 0.05) is 26.8 Å². The molecule has 2 N–H and O–H groups in total. The van der Waals surface area contributed by atoms with E-state index < -0.39 is 5.41 Å². The topological polar surface area (TPSA) is 67.4 Å². The van der Waals surface area contributed by atoms with Crippen LogP contribution in [0, 0.1) is 11.2 Å². The molecule has 0 heterocycles. The quantitative estimate of drug-likeness (QED) is 0.536. The zero-order valence-corrected chi connectivity index (χ0v) is 13.9. The van der Waals surface area contributed by atoms with Crippen LogP contribution in [0.5, 0.6) is 0 Å². The number of nitrogens with one attached hydrogen (secondary N) is 2. The van der Waals surface area contributed by atoms with Crippen LogP contribution in [0.4, 0.5) is 4.39 Å². The second kappa shape index (κ2) is 9.25. The minimum atomic E-state index is -1.18. The number of carbonyl (C=O) groups is 2. The number of hydrogen-bond donors (Lipinski definition) is 2. The Kier molecular flexibility index (Phi) is 7.68. The van der Waals surface area contributed by atoms with E-state index in [1.54, 1.807) is 39.2 Å². The molecule has 1 aromatic rings. The molecule has 1 aromatic carbocycles. The van der Waals surface area contributed by atoms with Gasteiger partial charge in [-0.3, -0.25) is 9.59 Å². The van der Waals surface area contributed by atoms with Crippen molar-refractivity contribution in [3.8, 4) is 0 Å². The van der Waals surface area contributed by atoms with Crippen molar-refractivity contribution in [3.63, 3.8) is 0 Å². The van der Waals surface area contributed by atoms with E-state index >= 15 is 0 Å². The van der Waals surface area contributed by atoms with Crippen molar-refractivity contribution in [2.24, 2.45) is 5.41 Å². The van der Waals surface area contributed by atoms with Gasteiger partial charge in [-0.2, -0.15) is 0 Å². The zero-order chi connectivity index (χ0) is 17.3. The molecule has 0 atom stereocenters. The average molecular weight is 324 g/mol. The predicted molar refractivity (Wildman–Crippen MR) is 86.4 cm³/mol. The summed E-state index contributed by atoms with van der Waals surface area (Å²) in [5.41, 5.74) is -0.642. The first kappa shape index (κ1) is 19.1. The van der Waals surface area contributed by atoms with E-state index in [1.807, 2.05) is 0 Å². The molecular weight excluding hydrogens is 299 g/mol. The molecular formula is C17H25FN2O3. The maximum atomic E-state index is 13.5. The van der Waals surface area contributed by atoms with E-state index in [0.29, 0.717) is 31.6 Å². The first-order chi connectivity index (χ1) is 10.9. The van der Waals surface area contributed by atoms with Gasteiger partial charge in [0.25, 0.3) is 0 Å². The Balaban J connectivity index is 2.42. The van der Waals surface area contributed by atoms with Crippen LogP contribution >= 0.6 is 0 Å². The SMILES string of the molecule is COCCCNC(=O)C(C)(C)C(=O)NCCc1ccccc1F. The standard InChI is InChI=1S/C17H25FN2O3/c1-17(2,15(21)19-10-6-12-23-3)16(22)20-11-9-13-7-4-5-8-14(13)18/h4-5,7-8H,6,9-12H2,1-3H3,(H,19,21)(H,20,22). The molecule has 0 aromatic heterocycles. The fourth-order valence-electron chi connectivity index (χ4n) is 1.98. The van der Waals surface area contributed by atoms with E-state index in [2.05, 4.69) is 10.6 Å². The maximum Gasteiger partial charge on any atom is 0.235 e. The Labute approximate surface area is 136 Å². The molecule has 0 unspecified atom stereocenters. The van der Waals surface area contributed by atoms with Gasteiger partial charge in [-0.15, -0.1) is 0 Å². The molecule has 0 saturated carbocycles. The van der Waals surface area contributed by atoms with Gasteiger partial charge >= 0.3 is 0 Å². The van der Waals surface area contributed by atoms with E-state index in [-0.39, 0.29) is 24.2 Å². The summed E-state index contributed by atoms with van der Waals surface area (Å²) in [4.78, 5) is 24.3. The largest absolute Gasteiger partial charge is 0.385 e. The minimum Gasteiger partial charge on any atom is -0.385 e. The van der Waals surface area contributed by atoms with Crippen LogP contribution in [0.15, 0.2) is 24.3 Å². The maximum absolute atomic E-state index is 13.5. The number of benzene rings is 1. The lowest BCUT2D eigenvalue weighted by Gasteiger charge is -2.22. The van der Waals surface area contributed by atoms with Crippen molar-refractivity contribution < 1.29 is 18.7 Å². The highest BCUT2D eigenvalue weighted by atomic mass is 19.1. The van der Waals surface area contributed by atoms with Gasteiger partial charge < -0.3 is 15.4 Å². The van der Waals surface area contributed by atoms with Gasteiger partial charge in [0.05, 0.1) is 0 Å². The van der Waals surface area contributed by atoms with E-state index in [4.69, 9.17) is 4.74 Å². The second-order valence-corrected chi connectivity index (χ2v) is 5.82. The number of hydrogen-bond acceptors (Lipinski definition) is 3. The molecule has 128 valence electrons. The molecule has 6 heteroatoms. The van der Waals surface area contributed by atoms with Gasteiger partial charge in [0.2, 0.25) is 11.8 Å². The van der Waals surface area contributed by atoms with Crippen molar-refractivity contribution in [1.29, 1.82) is 0 Å². The van der Waals surface area contributed by atoms with Crippen LogP contribution in [0.3, 0.4) is 0 Å². The monoisotopic (exact) mass is 324 g/mol. The van der Waals surface area contributed by atoms with Crippen LogP contribution in [0.25, 0.3) is 0 Å². The molecule has 0 fully saturated rings. The van der Waals surface area contributed by atoms with Gasteiger partial charge in [-0.1, -0.05) is 18.2 Å². The fourth-order valence-corrected chi connectivity index (χ4v) is 1.98. The van der Waals surface area contributed by atoms with Crippen LogP contribution in [0.2, 0.25) is 0 Å². The highest BCUT2D eigenvalue weighted by Gasteiger charge is 2.35. The Bertz CT molecular complexity index is 532. The molecule has 0 spiro atoms. The molecule has 0 aliphatic heterocycles. The number of amides is 2. The summed E-state index contributed by atoms with van der Waals surface area (Å²) < 4.78 is 18.4. The summed E-state index contributed by atoms with van der Waals surface area (Å²) in [6.45, 7) is 4.42. The number of ether oxygens (including phenoxy) is 1. The minimum absolute atomic E-state index is 0.278. The molecule has 5 nitrogen and oxygen atoms in total. The zero-order valence-electron chi connectivity index (χ0n) is 13.9. The first-order valence-corrected chi connectivity index (χ1v) is 7.68.